The van der Waals surface area contributed by atoms with Crippen molar-refractivity contribution in [3.63, 3.8) is 0 Å². The van der Waals surface area contributed by atoms with E-state index in [1.54, 1.807) is 0 Å². The van der Waals surface area contributed by atoms with E-state index in [1.807, 2.05) is 6.92 Å². The number of rotatable bonds is 31. The molecule has 0 spiro atoms. The zero-order valence-electron chi connectivity index (χ0n) is 23.5. The van der Waals surface area contributed by atoms with Crippen molar-refractivity contribution < 1.29 is 33.2 Å². The Hall–Kier alpha value is -0.770. The Bertz CT molecular complexity index is 427. The molecule has 0 aromatic heterocycles. The van der Waals surface area contributed by atoms with Gasteiger partial charge in [0.15, 0.2) is 0 Å². The van der Waals surface area contributed by atoms with Crippen molar-refractivity contribution in [2.24, 2.45) is 0 Å². The maximum absolute atomic E-state index is 11.9. The standard InChI is InChI=1S/C28H57NO7/c1-3-5-6-7-8-9-10-11-12-13-14-15-28(30)29-16-17-32-20-21-34-24-25-36-27-26-35-23-22-33-19-18-31-4-2/h3-27H2,1-2H3,(H,29,30). The molecule has 0 bridgehead atoms. The van der Waals surface area contributed by atoms with E-state index in [-0.39, 0.29) is 5.91 Å². The van der Waals surface area contributed by atoms with Crippen LogP contribution in [0.3, 0.4) is 0 Å². The lowest BCUT2D eigenvalue weighted by Gasteiger charge is -2.08. The van der Waals surface area contributed by atoms with Crippen LogP contribution in [0.4, 0.5) is 0 Å². The first-order valence-corrected chi connectivity index (χ1v) is 14.5. The molecule has 216 valence electrons. The van der Waals surface area contributed by atoms with Gasteiger partial charge in [-0.05, 0) is 13.3 Å². The fraction of sp³-hybridized carbons (Fsp3) is 0.964. The smallest absolute Gasteiger partial charge is 0.220 e. The average Bonchev–Trinajstić information content (AvgIpc) is 2.88. The van der Waals surface area contributed by atoms with Crippen LogP contribution < -0.4 is 5.32 Å². The van der Waals surface area contributed by atoms with E-state index in [0.717, 1.165) is 12.8 Å². The number of unbranched alkanes of at least 4 members (excludes halogenated alkanes) is 10. The zero-order chi connectivity index (χ0) is 26.2. The van der Waals surface area contributed by atoms with Crippen molar-refractivity contribution in [1.82, 2.24) is 5.32 Å². The van der Waals surface area contributed by atoms with Crippen molar-refractivity contribution >= 4 is 5.91 Å². The molecule has 0 rings (SSSR count). The van der Waals surface area contributed by atoms with Crippen LogP contribution in [0.5, 0.6) is 0 Å². The summed E-state index contributed by atoms with van der Waals surface area (Å²) in [6.45, 7) is 11.5. The van der Waals surface area contributed by atoms with Gasteiger partial charge in [-0.15, -0.1) is 0 Å². The molecule has 0 heterocycles. The fourth-order valence-electron chi connectivity index (χ4n) is 3.54. The first-order valence-electron chi connectivity index (χ1n) is 14.5. The summed E-state index contributed by atoms with van der Waals surface area (Å²) in [5.74, 6) is 0.126. The third-order valence-corrected chi connectivity index (χ3v) is 5.64. The molecule has 1 amide bonds. The van der Waals surface area contributed by atoms with Crippen LogP contribution in [0.25, 0.3) is 0 Å². The quantitative estimate of drug-likeness (QED) is 0.130. The predicted molar refractivity (Wildman–Crippen MR) is 145 cm³/mol. The molecule has 36 heavy (non-hydrogen) atoms. The van der Waals surface area contributed by atoms with E-state index < -0.39 is 0 Å². The van der Waals surface area contributed by atoms with Gasteiger partial charge in [-0.1, -0.05) is 71.1 Å². The number of ether oxygens (including phenoxy) is 6. The number of carbonyl (C=O) groups excluding carboxylic acids is 1. The minimum atomic E-state index is 0.126. The molecule has 0 fully saturated rings. The Morgan fingerprint density at radius 3 is 1.25 bits per heavy atom. The lowest BCUT2D eigenvalue weighted by atomic mass is 10.1. The fourth-order valence-corrected chi connectivity index (χ4v) is 3.54. The largest absolute Gasteiger partial charge is 0.379 e. The highest BCUT2D eigenvalue weighted by atomic mass is 16.6. The van der Waals surface area contributed by atoms with Crippen LogP contribution in [0.2, 0.25) is 0 Å². The molecule has 0 radical (unpaired) electrons. The number of nitrogens with one attached hydrogen (secondary N) is 1. The van der Waals surface area contributed by atoms with E-state index in [9.17, 15) is 4.79 Å². The van der Waals surface area contributed by atoms with Crippen LogP contribution in [0.15, 0.2) is 0 Å². The molecular formula is C28H57NO7. The van der Waals surface area contributed by atoms with Crippen molar-refractivity contribution in [1.29, 1.82) is 0 Å². The van der Waals surface area contributed by atoms with Crippen molar-refractivity contribution in [2.75, 3.05) is 85.8 Å². The van der Waals surface area contributed by atoms with Gasteiger partial charge >= 0.3 is 0 Å². The normalized spacial score (nSPS) is 11.3. The highest BCUT2D eigenvalue weighted by Crippen LogP contribution is 2.11. The van der Waals surface area contributed by atoms with Gasteiger partial charge < -0.3 is 33.7 Å². The maximum Gasteiger partial charge on any atom is 0.220 e. The van der Waals surface area contributed by atoms with Gasteiger partial charge in [-0.25, -0.2) is 0 Å². The first-order chi connectivity index (χ1) is 17.8. The Kier molecular flexibility index (Phi) is 31.6. The molecule has 1 N–H and O–H groups in total. The SMILES string of the molecule is CCCCCCCCCCCCCC(=O)NCCOCCOCCOCCOCCOCCOCC. The van der Waals surface area contributed by atoms with Crippen LogP contribution in [-0.2, 0) is 33.2 Å². The summed E-state index contributed by atoms with van der Waals surface area (Å²) in [6, 6.07) is 0. The summed E-state index contributed by atoms with van der Waals surface area (Å²) in [5.41, 5.74) is 0. The third kappa shape index (κ3) is 31.3. The van der Waals surface area contributed by atoms with Gasteiger partial charge in [0, 0.05) is 19.6 Å². The van der Waals surface area contributed by atoms with E-state index in [0.29, 0.717) is 92.2 Å². The molecule has 0 saturated heterocycles. The molecule has 0 unspecified atom stereocenters. The van der Waals surface area contributed by atoms with Gasteiger partial charge in [-0.3, -0.25) is 4.79 Å². The maximum atomic E-state index is 11.9. The molecule has 0 atom stereocenters. The molecule has 8 heteroatoms. The van der Waals surface area contributed by atoms with Gasteiger partial charge in [0.2, 0.25) is 5.91 Å². The number of carbonyl (C=O) groups is 1. The summed E-state index contributed by atoms with van der Waals surface area (Å²) in [6.07, 6.45) is 14.9. The van der Waals surface area contributed by atoms with Crippen LogP contribution in [0.1, 0.15) is 90.9 Å². The first kappa shape index (κ1) is 35.2. The van der Waals surface area contributed by atoms with E-state index in [2.05, 4.69) is 12.2 Å². The lowest BCUT2D eigenvalue weighted by molar-refractivity contribution is -0.121. The van der Waals surface area contributed by atoms with Gasteiger partial charge in [-0.2, -0.15) is 0 Å². The molecule has 0 aliphatic rings. The summed E-state index contributed by atoms with van der Waals surface area (Å²) < 4.78 is 32.4. The van der Waals surface area contributed by atoms with Gasteiger partial charge in [0.1, 0.15) is 0 Å². The van der Waals surface area contributed by atoms with Gasteiger partial charge in [0.25, 0.3) is 0 Å². The molecule has 0 aromatic rings. The Morgan fingerprint density at radius 2 is 0.833 bits per heavy atom. The lowest BCUT2D eigenvalue weighted by Crippen LogP contribution is -2.27. The molecule has 0 aliphatic heterocycles. The van der Waals surface area contributed by atoms with Crippen molar-refractivity contribution in [2.45, 2.75) is 90.9 Å². The third-order valence-electron chi connectivity index (χ3n) is 5.64. The second kappa shape index (κ2) is 32.3. The van der Waals surface area contributed by atoms with Crippen LogP contribution in [0, 0.1) is 0 Å². The van der Waals surface area contributed by atoms with Gasteiger partial charge in [0.05, 0.1) is 72.7 Å². The molecule has 8 nitrogen and oxygen atoms in total. The predicted octanol–water partition coefficient (Wildman–Crippen LogP) is 4.92. The van der Waals surface area contributed by atoms with E-state index in [1.165, 1.54) is 57.8 Å². The Balaban J connectivity index is 3.13. The van der Waals surface area contributed by atoms with Crippen LogP contribution in [-0.4, -0.2) is 91.7 Å². The number of amides is 1. The second-order valence-electron chi connectivity index (χ2n) is 8.89. The average molecular weight is 520 g/mol. The molecular weight excluding hydrogens is 462 g/mol. The van der Waals surface area contributed by atoms with E-state index >= 15 is 0 Å². The minimum Gasteiger partial charge on any atom is -0.379 e. The molecule has 0 saturated carbocycles. The Labute approximate surface area is 221 Å². The number of hydrogen-bond donors (Lipinski definition) is 1. The summed E-state index contributed by atoms with van der Waals surface area (Å²) in [7, 11) is 0. The summed E-state index contributed by atoms with van der Waals surface area (Å²) in [4.78, 5) is 11.9. The van der Waals surface area contributed by atoms with Crippen molar-refractivity contribution in [3.05, 3.63) is 0 Å². The highest BCUT2D eigenvalue weighted by molar-refractivity contribution is 5.75. The number of hydrogen-bond acceptors (Lipinski definition) is 7. The van der Waals surface area contributed by atoms with Crippen molar-refractivity contribution in [3.8, 4) is 0 Å². The minimum absolute atomic E-state index is 0.126. The topological polar surface area (TPSA) is 84.5 Å². The van der Waals surface area contributed by atoms with E-state index in [4.69, 9.17) is 28.4 Å². The summed E-state index contributed by atoms with van der Waals surface area (Å²) >= 11 is 0. The van der Waals surface area contributed by atoms with Crippen LogP contribution >= 0.6 is 0 Å². The zero-order valence-corrected chi connectivity index (χ0v) is 23.5. The Morgan fingerprint density at radius 1 is 0.472 bits per heavy atom. The second-order valence-corrected chi connectivity index (χ2v) is 8.89. The monoisotopic (exact) mass is 519 g/mol. The summed E-state index contributed by atoms with van der Waals surface area (Å²) in [5, 5.41) is 2.92. The highest BCUT2D eigenvalue weighted by Gasteiger charge is 2.01. The molecule has 0 aromatic carbocycles. The molecule has 0 aliphatic carbocycles.